The van der Waals surface area contributed by atoms with Crippen LogP contribution >= 0.6 is 0 Å². The number of anilines is 1. The molecule has 168 valence electrons. The molecule has 0 aromatic heterocycles. The Morgan fingerprint density at radius 2 is 1.62 bits per heavy atom. The molecule has 2 aliphatic rings. The largest absolute Gasteiger partial charge is 0.457 e. The smallest absolute Gasteiger partial charge is 0.162 e. The van der Waals surface area contributed by atoms with E-state index in [0.29, 0.717) is 6.42 Å². The van der Waals surface area contributed by atoms with Gasteiger partial charge in [-0.15, -0.1) is 0 Å². The second-order valence-electron chi connectivity index (χ2n) is 10.1. The molecule has 4 aromatic carbocycles. The Hall–Kier alpha value is -3.85. The van der Waals surface area contributed by atoms with E-state index in [1.807, 2.05) is 48.5 Å². The Balaban J connectivity index is 1.50. The fourth-order valence-corrected chi connectivity index (χ4v) is 5.56. The van der Waals surface area contributed by atoms with Crippen LogP contribution in [0.4, 0.5) is 5.69 Å². The summed E-state index contributed by atoms with van der Waals surface area (Å²) in [4.78, 5) is 13.6. The molecule has 1 N–H and O–H groups in total. The molecule has 0 amide bonds. The molecule has 3 nitrogen and oxygen atoms in total. The van der Waals surface area contributed by atoms with Gasteiger partial charge in [0, 0.05) is 29.2 Å². The van der Waals surface area contributed by atoms with Gasteiger partial charge in [0.1, 0.15) is 11.5 Å². The number of hydrogen-bond donors (Lipinski definition) is 1. The van der Waals surface area contributed by atoms with Crippen LogP contribution in [-0.2, 0) is 4.79 Å². The Labute approximate surface area is 200 Å². The zero-order valence-corrected chi connectivity index (χ0v) is 19.5. The molecule has 0 unspecified atom stereocenters. The summed E-state index contributed by atoms with van der Waals surface area (Å²) in [5.41, 5.74) is 5.07. The minimum Gasteiger partial charge on any atom is -0.457 e. The van der Waals surface area contributed by atoms with Crippen molar-refractivity contribution in [3.63, 3.8) is 0 Å². The number of nitrogens with one attached hydrogen (secondary N) is 1. The third kappa shape index (κ3) is 3.58. The van der Waals surface area contributed by atoms with Gasteiger partial charge in [-0.2, -0.15) is 0 Å². The topological polar surface area (TPSA) is 38.3 Å². The lowest BCUT2D eigenvalue weighted by atomic mass is 9.64. The van der Waals surface area contributed by atoms with E-state index in [1.165, 1.54) is 16.3 Å². The van der Waals surface area contributed by atoms with Crippen molar-refractivity contribution in [2.75, 3.05) is 5.32 Å². The van der Waals surface area contributed by atoms with Crippen LogP contribution in [0.25, 0.3) is 16.5 Å². The van der Waals surface area contributed by atoms with E-state index in [4.69, 9.17) is 4.74 Å². The number of carbonyl (C=O) groups is 1. The number of rotatable bonds is 3. The van der Waals surface area contributed by atoms with E-state index < -0.39 is 0 Å². The molecule has 0 saturated heterocycles. The number of allylic oxidation sites excluding steroid dienone is 1. The molecule has 0 radical (unpaired) electrons. The van der Waals surface area contributed by atoms with Gasteiger partial charge >= 0.3 is 0 Å². The van der Waals surface area contributed by atoms with Crippen LogP contribution in [0.3, 0.4) is 0 Å². The van der Waals surface area contributed by atoms with Crippen molar-refractivity contribution >= 4 is 27.9 Å². The van der Waals surface area contributed by atoms with Gasteiger partial charge in [0.25, 0.3) is 0 Å². The summed E-state index contributed by atoms with van der Waals surface area (Å²) >= 11 is 0. The molecular weight excluding hydrogens is 418 g/mol. The molecule has 34 heavy (non-hydrogen) atoms. The van der Waals surface area contributed by atoms with Gasteiger partial charge in [-0.1, -0.05) is 74.5 Å². The van der Waals surface area contributed by atoms with E-state index in [1.54, 1.807) is 0 Å². The van der Waals surface area contributed by atoms with Crippen molar-refractivity contribution in [1.82, 2.24) is 0 Å². The minimum atomic E-state index is -0.0415. The quantitative estimate of drug-likeness (QED) is 0.348. The second kappa shape index (κ2) is 7.88. The monoisotopic (exact) mass is 445 g/mol. The summed E-state index contributed by atoms with van der Waals surface area (Å²) in [5.74, 6) is 1.84. The maximum atomic E-state index is 13.6. The lowest BCUT2D eigenvalue weighted by molar-refractivity contribution is -0.119. The second-order valence-corrected chi connectivity index (χ2v) is 10.1. The standard InChI is InChI=1S/C31H27NO2/c1-31(2)18-25-28-24-14-7-6-9-20(24)15-16-26(28)32-30(29(25)27(33)19-31)21-10-8-13-23(17-21)34-22-11-4-3-5-12-22/h3-17,25,32H,18-19H2,1-2H3/t25-/m0/s1. The number of para-hydroxylation sites is 1. The lowest BCUT2D eigenvalue weighted by Crippen LogP contribution is -2.34. The fourth-order valence-electron chi connectivity index (χ4n) is 5.56. The first-order valence-electron chi connectivity index (χ1n) is 11.9. The number of Topliss-reactive ketones (excluding diaryl/α,β-unsaturated/α-hetero) is 1. The maximum Gasteiger partial charge on any atom is 0.162 e. The van der Waals surface area contributed by atoms with Crippen molar-refractivity contribution in [2.45, 2.75) is 32.6 Å². The number of benzene rings is 4. The Morgan fingerprint density at radius 1 is 0.853 bits per heavy atom. The predicted molar refractivity (Wildman–Crippen MR) is 138 cm³/mol. The van der Waals surface area contributed by atoms with Crippen LogP contribution in [0.15, 0.2) is 96.6 Å². The Kier molecular flexibility index (Phi) is 4.80. The first kappa shape index (κ1) is 20.7. The van der Waals surface area contributed by atoms with Crippen LogP contribution in [0.1, 0.15) is 43.7 Å². The molecular formula is C31H27NO2. The highest BCUT2D eigenvalue weighted by atomic mass is 16.5. The van der Waals surface area contributed by atoms with Crippen molar-refractivity contribution < 1.29 is 9.53 Å². The van der Waals surface area contributed by atoms with Crippen LogP contribution < -0.4 is 10.1 Å². The van der Waals surface area contributed by atoms with Gasteiger partial charge in [0.2, 0.25) is 0 Å². The highest BCUT2D eigenvalue weighted by Gasteiger charge is 2.42. The van der Waals surface area contributed by atoms with Crippen molar-refractivity contribution in [2.24, 2.45) is 5.41 Å². The summed E-state index contributed by atoms with van der Waals surface area (Å²) in [6.07, 6.45) is 1.50. The molecule has 1 aliphatic heterocycles. The summed E-state index contributed by atoms with van der Waals surface area (Å²) in [6, 6.07) is 30.6. The molecule has 4 aromatic rings. The maximum absolute atomic E-state index is 13.6. The van der Waals surface area contributed by atoms with Crippen LogP contribution in [0.2, 0.25) is 0 Å². The van der Waals surface area contributed by atoms with Crippen LogP contribution in [0.5, 0.6) is 11.5 Å². The van der Waals surface area contributed by atoms with Gasteiger partial charge in [-0.25, -0.2) is 0 Å². The summed E-state index contributed by atoms with van der Waals surface area (Å²) in [6.45, 7) is 4.42. The van der Waals surface area contributed by atoms with Gasteiger partial charge in [0.15, 0.2) is 5.78 Å². The van der Waals surface area contributed by atoms with Crippen molar-refractivity contribution in [1.29, 1.82) is 0 Å². The Bertz CT molecular complexity index is 1450. The molecule has 0 bridgehead atoms. The van der Waals surface area contributed by atoms with Gasteiger partial charge in [-0.05, 0) is 58.5 Å². The van der Waals surface area contributed by atoms with Crippen molar-refractivity contribution in [3.8, 4) is 11.5 Å². The average Bonchev–Trinajstić information content (AvgIpc) is 2.83. The van der Waals surface area contributed by atoms with E-state index >= 15 is 0 Å². The zero-order valence-electron chi connectivity index (χ0n) is 19.5. The van der Waals surface area contributed by atoms with Crippen LogP contribution in [0, 0.1) is 5.41 Å². The molecule has 1 aliphatic carbocycles. The summed E-state index contributed by atoms with van der Waals surface area (Å²) in [5, 5.41) is 6.09. The molecule has 0 spiro atoms. The van der Waals surface area contributed by atoms with Crippen LogP contribution in [-0.4, -0.2) is 5.78 Å². The highest BCUT2D eigenvalue weighted by Crippen LogP contribution is 2.53. The number of ether oxygens (including phenoxy) is 1. The number of ketones is 1. The first-order valence-corrected chi connectivity index (χ1v) is 11.9. The van der Waals surface area contributed by atoms with E-state index in [2.05, 4.69) is 61.6 Å². The normalized spacial score (nSPS) is 18.8. The van der Waals surface area contributed by atoms with E-state index in [-0.39, 0.29) is 17.1 Å². The predicted octanol–water partition coefficient (Wildman–Crippen LogP) is 7.94. The molecule has 1 saturated carbocycles. The zero-order chi connectivity index (χ0) is 23.3. The number of hydrogen-bond acceptors (Lipinski definition) is 3. The lowest BCUT2D eigenvalue weighted by Gasteiger charge is -2.41. The first-order chi connectivity index (χ1) is 16.5. The third-order valence-electron chi connectivity index (χ3n) is 6.99. The molecule has 1 fully saturated rings. The fraction of sp³-hybridized carbons (Fsp3) is 0.194. The SMILES string of the molecule is CC1(C)CC(=O)C2=C(c3cccc(Oc4ccccc4)c3)Nc3ccc4ccccc4c3[C@@H]2C1. The number of fused-ring (bicyclic) bond motifs is 5. The highest BCUT2D eigenvalue weighted by molar-refractivity contribution is 6.10. The summed E-state index contributed by atoms with van der Waals surface area (Å²) in [7, 11) is 0. The van der Waals surface area contributed by atoms with Gasteiger partial charge in [-0.3, -0.25) is 4.79 Å². The molecule has 3 heteroatoms. The van der Waals surface area contributed by atoms with Gasteiger partial charge < -0.3 is 10.1 Å². The van der Waals surface area contributed by atoms with E-state index in [9.17, 15) is 4.79 Å². The molecule has 1 atom stereocenters. The Morgan fingerprint density at radius 3 is 2.47 bits per heavy atom. The minimum absolute atomic E-state index is 0.0415. The average molecular weight is 446 g/mol. The summed E-state index contributed by atoms with van der Waals surface area (Å²) < 4.78 is 6.10. The third-order valence-corrected chi connectivity index (χ3v) is 6.99. The molecule has 6 rings (SSSR count). The number of carbonyl (C=O) groups excluding carboxylic acids is 1. The van der Waals surface area contributed by atoms with Gasteiger partial charge in [0.05, 0.1) is 5.70 Å². The van der Waals surface area contributed by atoms with Crippen molar-refractivity contribution in [3.05, 3.63) is 108 Å². The van der Waals surface area contributed by atoms with E-state index in [0.717, 1.165) is 40.4 Å². The molecule has 1 heterocycles.